The van der Waals surface area contributed by atoms with Gasteiger partial charge >= 0.3 is 11.9 Å². The fraction of sp³-hybridized carbons (Fsp3) is 0.966. The molecule has 0 fully saturated rings. The summed E-state index contributed by atoms with van der Waals surface area (Å²) >= 11 is 0. The van der Waals surface area contributed by atoms with E-state index >= 15 is 0 Å². The minimum Gasteiger partial charge on any atom is -0.462 e. The summed E-state index contributed by atoms with van der Waals surface area (Å²) in [5.74, 6) is -0.119. The van der Waals surface area contributed by atoms with Crippen LogP contribution in [0.1, 0.15) is 292 Å². The Bertz CT molecular complexity index is 999. The van der Waals surface area contributed by atoms with Crippen LogP contribution in [0.2, 0.25) is 18.1 Å². The van der Waals surface area contributed by atoms with Crippen LogP contribution in [0.25, 0.3) is 0 Å². The van der Waals surface area contributed by atoms with Gasteiger partial charge in [0.2, 0.25) is 0 Å². The number of aliphatic hydroxyl groups excluding tert-OH is 2. The molecule has 0 saturated heterocycles. The molecule has 0 aromatic heterocycles. The van der Waals surface area contributed by atoms with Gasteiger partial charge in [-0.3, -0.25) is 14.5 Å². The van der Waals surface area contributed by atoms with E-state index in [0.29, 0.717) is 51.9 Å². The number of nitrogens with zero attached hydrogens (tertiary/aromatic N) is 1. The number of ether oxygens (including phenoxy) is 2. The van der Waals surface area contributed by atoms with Crippen LogP contribution in [0, 0.1) is 0 Å². The molecule has 400 valence electrons. The zero-order chi connectivity index (χ0) is 49.9. The van der Waals surface area contributed by atoms with Gasteiger partial charge in [-0.1, -0.05) is 203 Å². The number of esters is 2. The van der Waals surface area contributed by atoms with Gasteiger partial charge in [-0.2, -0.15) is 0 Å². The van der Waals surface area contributed by atoms with Gasteiger partial charge in [0.1, 0.15) is 12.2 Å². The van der Waals surface area contributed by atoms with Crippen LogP contribution >= 0.6 is 0 Å². The number of carbonyl (C=O) groups is 2. The quantitative estimate of drug-likeness (QED) is 0.0353. The van der Waals surface area contributed by atoms with Gasteiger partial charge < -0.3 is 24.1 Å². The van der Waals surface area contributed by atoms with Crippen LogP contribution < -0.4 is 0 Å². The first kappa shape index (κ1) is 66.0. The molecule has 0 rings (SSSR count). The molecule has 0 aliphatic rings. The molecule has 0 aliphatic carbocycles. The predicted molar refractivity (Wildman–Crippen MR) is 290 cm³/mol. The zero-order valence-corrected chi connectivity index (χ0v) is 47.4. The van der Waals surface area contributed by atoms with Crippen molar-refractivity contribution < 1.29 is 33.7 Å². The highest BCUT2D eigenvalue weighted by Gasteiger charge is 2.37. The molecular weight excluding hydrogens is 851 g/mol. The monoisotopic (exact) mass is 968 g/mol. The highest BCUT2D eigenvalue weighted by Crippen LogP contribution is 2.36. The van der Waals surface area contributed by atoms with Crippen molar-refractivity contribution in [1.82, 2.24) is 4.90 Å². The van der Waals surface area contributed by atoms with E-state index in [2.05, 4.69) is 66.5 Å². The number of carbonyl (C=O) groups excluding carboxylic acids is 2. The Morgan fingerprint density at radius 1 is 0.448 bits per heavy atom. The van der Waals surface area contributed by atoms with Crippen molar-refractivity contribution in [3.05, 3.63) is 0 Å². The summed E-state index contributed by atoms with van der Waals surface area (Å²) in [4.78, 5) is 28.1. The number of hydrogen-bond acceptors (Lipinski definition) is 8. The van der Waals surface area contributed by atoms with Gasteiger partial charge in [-0.05, 0) is 95.2 Å². The first-order valence-electron chi connectivity index (χ1n) is 29.3. The average molecular weight is 969 g/mol. The van der Waals surface area contributed by atoms with Crippen molar-refractivity contribution in [2.75, 3.05) is 26.2 Å². The van der Waals surface area contributed by atoms with E-state index in [9.17, 15) is 19.8 Å². The molecule has 0 aromatic rings. The van der Waals surface area contributed by atoms with Crippen molar-refractivity contribution in [2.24, 2.45) is 0 Å². The van der Waals surface area contributed by atoms with Crippen molar-refractivity contribution in [3.63, 3.8) is 0 Å². The Balaban J connectivity index is 4.96. The molecule has 2 atom stereocenters. The molecule has 0 amide bonds. The summed E-state index contributed by atoms with van der Waals surface area (Å²) in [5, 5.41) is 22.5. The number of unbranched alkanes of at least 4 members (excludes halogenated alkanes) is 24. The minimum atomic E-state index is -1.93. The maximum atomic E-state index is 13.0. The Morgan fingerprint density at radius 3 is 1.04 bits per heavy atom. The van der Waals surface area contributed by atoms with Crippen LogP contribution in [0.4, 0.5) is 0 Å². The van der Waals surface area contributed by atoms with Gasteiger partial charge in [-0.25, -0.2) is 0 Å². The number of aliphatic hydroxyl groups is 2. The molecule has 2 N–H and O–H groups in total. The molecule has 2 unspecified atom stereocenters. The topological polar surface area (TPSA) is 106 Å². The predicted octanol–water partition coefficient (Wildman–Crippen LogP) is 16.8. The first-order chi connectivity index (χ1) is 32.2. The van der Waals surface area contributed by atoms with E-state index in [-0.39, 0.29) is 29.2 Å². The van der Waals surface area contributed by atoms with Crippen molar-refractivity contribution in [1.29, 1.82) is 0 Å². The summed E-state index contributed by atoms with van der Waals surface area (Å²) in [6, 6.07) is 0. The molecule has 0 heterocycles. The van der Waals surface area contributed by atoms with Gasteiger partial charge in [-0.15, -0.1) is 0 Å². The summed E-state index contributed by atoms with van der Waals surface area (Å²) in [7, 11) is -1.93. The highest BCUT2D eigenvalue weighted by atomic mass is 28.4. The molecular formula is C58H117NO7Si. The van der Waals surface area contributed by atoms with E-state index in [0.717, 1.165) is 89.9 Å². The zero-order valence-electron chi connectivity index (χ0n) is 46.4. The fourth-order valence-corrected chi connectivity index (χ4v) is 9.99. The lowest BCUT2D eigenvalue weighted by Gasteiger charge is -2.37. The van der Waals surface area contributed by atoms with Crippen LogP contribution in [-0.4, -0.2) is 86.0 Å². The van der Waals surface area contributed by atoms with Crippen LogP contribution in [0.15, 0.2) is 0 Å². The summed E-state index contributed by atoms with van der Waals surface area (Å²) in [5.41, 5.74) is 0. The second kappa shape index (κ2) is 44.9. The van der Waals surface area contributed by atoms with Crippen LogP contribution in [0.5, 0.6) is 0 Å². The second-order valence-electron chi connectivity index (χ2n) is 22.3. The van der Waals surface area contributed by atoms with E-state index in [1.807, 2.05) is 0 Å². The average Bonchev–Trinajstić information content (AvgIpc) is 3.27. The first-order valence-corrected chi connectivity index (χ1v) is 32.2. The van der Waals surface area contributed by atoms with Gasteiger partial charge in [0.05, 0.1) is 12.2 Å². The summed E-state index contributed by atoms with van der Waals surface area (Å²) < 4.78 is 18.7. The molecule has 67 heavy (non-hydrogen) atoms. The normalized spacial score (nSPS) is 13.3. The third kappa shape index (κ3) is 41.3. The smallest absolute Gasteiger partial charge is 0.306 e. The van der Waals surface area contributed by atoms with Gasteiger partial charge in [0.25, 0.3) is 0 Å². The van der Waals surface area contributed by atoms with Gasteiger partial charge in [0.15, 0.2) is 8.32 Å². The number of hydrogen-bond donors (Lipinski definition) is 2. The molecule has 0 aliphatic heterocycles. The lowest BCUT2D eigenvalue weighted by atomic mass is 10.0. The third-order valence-electron chi connectivity index (χ3n) is 14.6. The molecule has 0 spiro atoms. The Hall–Kier alpha value is -1.00. The van der Waals surface area contributed by atoms with Crippen LogP contribution in [0.3, 0.4) is 0 Å². The SMILES string of the molecule is CCCCCCCCC(CCCCCCCC)OC(=O)CCCCCC(O)CN(CCO[Si](C)(C)C(C)(C)C)CC(O)CCCCCC(=O)OC(CCCCCCCC)CCCCCCCC. The molecule has 8 nitrogen and oxygen atoms in total. The maximum Gasteiger partial charge on any atom is 0.306 e. The standard InChI is InChI=1S/C58H117NO7Si/c1-10-14-18-22-26-34-42-54(43-35-27-23-19-15-11-2)65-56(62)46-38-30-32-40-52(60)50-59(48-49-64-67(8,9)58(5,6)7)51-53(61)41-33-31-39-47-57(63)66-55(44-36-28-24-20-16-12-3)45-37-29-25-21-17-13-4/h52-55,60-61H,10-51H2,1-9H3. The molecule has 9 heteroatoms. The van der Waals surface area contributed by atoms with Gasteiger partial charge in [0, 0.05) is 39.1 Å². The molecule has 0 saturated carbocycles. The van der Waals surface area contributed by atoms with Crippen molar-refractivity contribution >= 4 is 20.3 Å². The number of rotatable bonds is 50. The Kier molecular flexibility index (Phi) is 44.2. The highest BCUT2D eigenvalue weighted by molar-refractivity contribution is 6.74. The summed E-state index contributed by atoms with van der Waals surface area (Å²) in [6.07, 6.45) is 40.4. The third-order valence-corrected chi connectivity index (χ3v) is 19.1. The Morgan fingerprint density at radius 2 is 0.731 bits per heavy atom. The van der Waals surface area contributed by atoms with Crippen LogP contribution in [-0.2, 0) is 23.5 Å². The lowest BCUT2D eigenvalue weighted by Crippen LogP contribution is -2.45. The molecule has 0 radical (unpaired) electrons. The van der Waals surface area contributed by atoms with Crippen molar-refractivity contribution in [3.8, 4) is 0 Å². The van der Waals surface area contributed by atoms with E-state index in [1.165, 1.54) is 128 Å². The molecule has 0 aromatic carbocycles. The fourth-order valence-electron chi connectivity index (χ4n) is 8.96. The van der Waals surface area contributed by atoms with E-state index < -0.39 is 20.5 Å². The van der Waals surface area contributed by atoms with Crippen molar-refractivity contribution in [2.45, 2.75) is 335 Å². The minimum absolute atomic E-state index is 0.0503. The Labute approximate surface area is 418 Å². The summed E-state index contributed by atoms with van der Waals surface area (Å²) in [6.45, 7) is 22.5. The second-order valence-corrected chi connectivity index (χ2v) is 27.1. The largest absolute Gasteiger partial charge is 0.462 e. The van der Waals surface area contributed by atoms with E-state index in [4.69, 9.17) is 13.9 Å². The van der Waals surface area contributed by atoms with E-state index in [1.54, 1.807) is 0 Å². The molecule has 0 bridgehead atoms. The maximum absolute atomic E-state index is 13.0. The lowest BCUT2D eigenvalue weighted by molar-refractivity contribution is -0.151.